The summed E-state index contributed by atoms with van der Waals surface area (Å²) in [6, 6.07) is 12.3. The summed E-state index contributed by atoms with van der Waals surface area (Å²) in [4.78, 5) is 28.1. The van der Waals surface area contributed by atoms with E-state index in [1.165, 1.54) is 4.88 Å². The normalized spacial score (nSPS) is 23.0. The van der Waals surface area contributed by atoms with Crippen LogP contribution in [0.3, 0.4) is 0 Å². The van der Waals surface area contributed by atoms with Crippen molar-refractivity contribution in [1.82, 2.24) is 4.90 Å². The van der Waals surface area contributed by atoms with E-state index < -0.39 is 5.41 Å². The van der Waals surface area contributed by atoms with Crippen molar-refractivity contribution in [1.29, 1.82) is 0 Å². The summed E-state index contributed by atoms with van der Waals surface area (Å²) in [5, 5.41) is 2.06. The second-order valence-corrected chi connectivity index (χ2v) is 8.54. The van der Waals surface area contributed by atoms with E-state index in [1.54, 1.807) is 11.3 Å². The average molecular weight is 369 g/mol. The molecule has 1 saturated carbocycles. The molecule has 136 valence electrons. The van der Waals surface area contributed by atoms with Gasteiger partial charge >= 0.3 is 0 Å². The van der Waals surface area contributed by atoms with Crippen LogP contribution in [0, 0.1) is 11.3 Å². The van der Waals surface area contributed by atoms with Gasteiger partial charge in [-0.15, -0.1) is 11.3 Å². The van der Waals surface area contributed by atoms with Crippen molar-refractivity contribution in [2.24, 2.45) is 17.1 Å². The summed E-state index contributed by atoms with van der Waals surface area (Å²) in [6.07, 6.45) is 4.35. The van der Waals surface area contributed by atoms with E-state index in [4.69, 9.17) is 5.73 Å². The summed E-state index contributed by atoms with van der Waals surface area (Å²) < 4.78 is 0. The zero-order chi connectivity index (χ0) is 18.1. The summed E-state index contributed by atoms with van der Waals surface area (Å²) in [6.45, 7) is 1.09. The number of amides is 2. The lowest BCUT2D eigenvalue weighted by molar-refractivity contribution is -0.138. The van der Waals surface area contributed by atoms with Gasteiger partial charge in [-0.05, 0) is 48.3 Å². The topological polar surface area (TPSA) is 63.4 Å². The third kappa shape index (κ3) is 3.05. The lowest BCUT2D eigenvalue weighted by Crippen LogP contribution is -2.44. The highest BCUT2D eigenvalue weighted by Gasteiger charge is 2.46. The Kier molecular flexibility index (Phi) is 4.57. The van der Waals surface area contributed by atoms with E-state index in [9.17, 15) is 9.59 Å². The number of primary amides is 1. The van der Waals surface area contributed by atoms with Crippen LogP contribution >= 0.6 is 11.3 Å². The predicted octanol–water partition coefficient (Wildman–Crippen LogP) is 3.46. The fraction of sp³-hybridized carbons (Fsp3) is 0.429. The molecular formula is C21H24N2O2S. The van der Waals surface area contributed by atoms with Crippen LogP contribution in [0.4, 0.5) is 0 Å². The molecule has 2 heterocycles. The summed E-state index contributed by atoms with van der Waals surface area (Å²) >= 11 is 1.69. The number of thiophene rings is 1. The van der Waals surface area contributed by atoms with Crippen LogP contribution in [-0.4, -0.2) is 29.8 Å². The first-order valence-electron chi connectivity index (χ1n) is 9.29. The second kappa shape index (κ2) is 6.88. The number of carbonyl (C=O) groups excluding carboxylic acids is 2. The van der Waals surface area contributed by atoms with Crippen LogP contribution in [-0.2, 0) is 16.0 Å². The molecule has 4 rings (SSSR count). The molecule has 26 heavy (non-hydrogen) atoms. The molecule has 1 aromatic carbocycles. The Morgan fingerprint density at radius 3 is 2.65 bits per heavy atom. The molecule has 1 aliphatic heterocycles. The van der Waals surface area contributed by atoms with Gasteiger partial charge in [0.1, 0.15) is 0 Å². The first kappa shape index (κ1) is 17.3. The third-order valence-corrected chi connectivity index (χ3v) is 6.88. The highest BCUT2D eigenvalue weighted by atomic mass is 32.1. The molecule has 1 aromatic heterocycles. The van der Waals surface area contributed by atoms with Crippen LogP contribution in [0.15, 0.2) is 41.8 Å². The predicted molar refractivity (Wildman–Crippen MR) is 104 cm³/mol. The maximum atomic E-state index is 12.6. The van der Waals surface area contributed by atoms with E-state index in [0.717, 1.165) is 30.4 Å². The van der Waals surface area contributed by atoms with Crippen molar-refractivity contribution >= 4 is 23.2 Å². The van der Waals surface area contributed by atoms with Gasteiger partial charge in [-0.2, -0.15) is 0 Å². The minimum atomic E-state index is -0.660. The van der Waals surface area contributed by atoms with Gasteiger partial charge in [0.2, 0.25) is 11.8 Å². The monoisotopic (exact) mass is 368 g/mol. The van der Waals surface area contributed by atoms with Gasteiger partial charge in [-0.3, -0.25) is 9.59 Å². The first-order valence-corrected chi connectivity index (χ1v) is 10.2. The number of nitrogens with two attached hydrogens (primary N) is 1. The number of benzene rings is 1. The van der Waals surface area contributed by atoms with Gasteiger partial charge in [-0.1, -0.05) is 36.8 Å². The smallest absolute Gasteiger partial charge is 0.225 e. The van der Waals surface area contributed by atoms with E-state index in [0.29, 0.717) is 25.9 Å². The van der Waals surface area contributed by atoms with Gasteiger partial charge in [-0.25, -0.2) is 0 Å². The van der Waals surface area contributed by atoms with Crippen LogP contribution in [0.5, 0.6) is 0 Å². The van der Waals surface area contributed by atoms with Gasteiger partial charge in [0, 0.05) is 23.9 Å². The molecule has 2 N–H and O–H groups in total. The largest absolute Gasteiger partial charge is 0.369 e. The van der Waals surface area contributed by atoms with Crippen molar-refractivity contribution in [3.05, 3.63) is 47.3 Å². The van der Waals surface area contributed by atoms with Crippen molar-refractivity contribution in [3.63, 3.8) is 0 Å². The molecule has 0 radical (unpaired) electrons. The molecule has 2 aliphatic rings. The lowest BCUT2D eigenvalue weighted by Gasteiger charge is -2.31. The van der Waals surface area contributed by atoms with Gasteiger partial charge in [0.05, 0.1) is 5.41 Å². The van der Waals surface area contributed by atoms with Crippen LogP contribution < -0.4 is 5.73 Å². The minimum absolute atomic E-state index is 0.164. The quantitative estimate of drug-likeness (QED) is 0.878. The fourth-order valence-corrected chi connectivity index (χ4v) is 4.90. The summed E-state index contributed by atoms with van der Waals surface area (Å²) in [7, 11) is 0. The number of rotatable bonds is 5. The molecule has 1 unspecified atom stereocenters. The van der Waals surface area contributed by atoms with Gasteiger partial charge < -0.3 is 10.6 Å². The molecule has 1 aliphatic carbocycles. The van der Waals surface area contributed by atoms with E-state index in [-0.39, 0.29) is 17.7 Å². The molecule has 1 atom stereocenters. The molecule has 0 bridgehead atoms. The van der Waals surface area contributed by atoms with E-state index in [1.807, 2.05) is 23.1 Å². The molecule has 2 fully saturated rings. The average Bonchev–Trinajstić information content (AvgIpc) is 3.24. The Bertz CT molecular complexity index is 813. The zero-order valence-electron chi connectivity index (χ0n) is 14.8. The van der Waals surface area contributed by atoms with Crippen molar-refractivity contribution in [3.8, 4) is 10.4 Å². The van der Waals surface area contributed by atoms with E-state index in [2.05, 4.69) is 23.6 Å². The molecule has 2 aromatic rings. The maximum Gasteiger partial charge on any atom is 0.225 e. The Labute approximate surface area is 158 Å². The number of hydrogen-bond donors (Lipinski definition) is 1. The molecular weight excluding hydrogens is 344 g/mol. The maximum absolute atomic E-state index is 12.6. The molecule has 2 amide bonds. The Hall–Kier alpha value is -2.14. The fourth-order valence-electron chi connectivity index (χ4n) is 4.12. The Morgan fingerprint density at radius 2 is 2.00 bits per heavy atom. The van der Waals surface area contributed by atoms with Crippen molar-refractivity contribution in [2.75, 3.05) is 13.1 Å². The van der Waals surface area contributed by atoms with Crippen LogP contribution in [0.2, 0.25) is 0 Å². The van der Waals surface area contributed by atoms with Gasteiger partial charge in [0.15, 0.2) is 0 Å². The number of carbonyl (C=O) groups is 2. The van der Waals surface area contributed by atoms with Crippen molar-refractivity contribution < 1.29 is 9.59 Å². The zero-order valence-corrected chi connectivity index (χ0v) is 15.6. The van der Waals surface area contributed by atoms with Crippen LogP contribution in [0.1, 0.15) is 31.2 Å². The highest BCUT2D eigenvalue weighted by Crippen LogP contribution is 2.39. The van der Waals surface area contributed by atoms with Crippen LogP contribution in [0.25, 0.3) is 10.4 Å². The second-order valence-electron chi connectivity index (χ2n) is 7.59. The molecule has 1 saturated heterocycles. The number of hydrogen-bond acceptors (Lipinski definition) is 3. The number of likely N-dealkylation sites (tertiary alicyclic amines) is 1. The third-order valence-electron chi connectivity index (χ3n) is 5.98. The highest BCUT2D eigenvalue weighted by molar-refractivity contribution is 7.13. The Morgan fingerprint density at radius 1 is 1.19 bits per heavy atom. The summed E-state index contributed by atoms with van der Waals surface area (Å²) in [5.41, 5.74) is 7.49. The molecule has 4 nitrogen and oxygen atoms in total. The lowest BCUT2D eigenvalue weighted by atomic mass is 9.78. The number of nitrogens with zero attached hydrogens (tertiary/aromatic N) is 1. The minimum Gasteiger partial charge on any atom is -0.369 e. The molecule has 0 spiro atoms. The van der Waals surface area contributed by atoms with Gasteiger partial charge in [0.25, 0.3) is 0 Å². The van der Waals surface area contributed by atoms with Crippen molar-refractivity contribution in [2.45, 2.75) is 32.1 Å². The SMILES string of the molecule is NC(=O)C1(Cc2ccccc2-c2cccs2)CCN(C(=O)C2CCC2)C1. The standard InChI is InChI=1S/C21H24N2O2S/c22-20(25)21(10-11-23(14-21)19(24)15-6-3-7-15)13-16-5-1-2-8-17(16)18-9-4-12-26-18/h1-2,4-5,8-9,12,15H,3,6-7,10-11,13-14H2,(H2,22,25). The first-order chi connectivity index (χ1) is 12.6. The van der Waals surface area contributed by atoms with E-state index >= 15 is 0 Å². The Balaban J connectivity index is 1.59. The summed E-state index contributed by atoms with van der Waals surface area (Å²) in [5.74, 6) is 0.0883. The molecule has 5 heteroatoms.